The van der Waals surface area contributed by atoms with Crippen LogP contribution in [0.3, 0.4) is 0 Å². The molecule has 0 aromatic carbocycles. The number of nitrogens with zero attached hydrogens (tertiary/aromatic N) is 1. The maximum absolute atomic E-state index is 12.6. The largest absolute Gasteiger partial charge is 0.381 e. The van der Waals surface area contributed by atoms with Crippen molar-refractivity contribution in [3.05, 3.63) is 0 Å². The molecule has 2 aliphatic heterocycles. The Morgan fingerprint density at radius 3 is 2.72 bits per heavy atom. The van der Waals surface area contributed by atoms with E-state index >= 15 is 0 Å². The minimum Gasteiger partial charge on any atom is -0.381 e. The standard InChI is InChI=1S/C14H24N2O2/c17-14(11-3-2-8-18-10-11)16(13-5-6-13)9-12-4-1-7-15-12/h11-13,15H,1-10H2/t11-,12-/m1/s1. The van der Waals surface area contributed by atoms with Crippen LogP contribution in [0, 0.1) is 5.92 Å². The second-order valence-electron chi connectivity index (χ2n) is 5.93. The summed E-state index contributed by atoms with van der Waals surface area (Å²) < 4.78 is 5.46. The van der Waals surface area contributed by atoms with Gasteiger partial charge in [0.25, 0.3) is 0 Å². The fraction of sp³-hybridized carbons (Fsp3) is 0.929. The van der Waals surface area contributed by atoms with Crippen molar-refractivity contribution in [1.82, 2.24) is 10.2 Å². The highest BCUT2D eigenvalue weighted by atomic mass is 16.5. The van der Waals surface area contributed by atoms with E-state index in [0.29, 0.717) is 24.6 Å². The molecule has 1 saturated carbocycles. The topological polar surface area (TPSA) is 41.6 Å². The van der Waals surface area contributed by atoms with E-state index in [-0.39, 0.29) is 5.92 Å². The first-order valence-corrected chi connectivity index (χ1v) is 7.46. The molecule has 2 heterocycles. The molecule has 0 aromatic rings. The van der Waals surface area contributed by atoms with E-state index in [1.807, 2.05) is 0 Å². The second kappa shape index (κ2) is 5.57. The molecular formula is C14H24N2O2. The van der Waals surface area contributed by atoms with Gasteiger partial charge in [-0.05, 0) is 45.1 Å². The fourth-order valence-corrected chi connectivity index (χ4v) is 3.13. The maximum Gasteiger partial charge on any atom is 0.228 e. The van der Waals surface area contributed by atoms with E-state index in [2.05, 4.69) is 10.2 Å². The molecule has 3 rings (SSSR count). The minimum absolute atomic E-state index is 0.126. The zero-order valence-corrected chi connectivity index (χ0v) is 11.1. The molecule has 102 valence electrons. The molecule has 1 N–H and O–H groups in total. The molecular weight excluding hydrogens is 228 g/mol. The van der Waals surface area contributed by atoms with E-state index in [0.717, 1.165) is 32.5 Å². The summed E-state index contributed by atoms with van der Waals surface area (Å²) in [5.74, 6) is 0.478. The van der Waals surface area contributed by atoms with Crippen molar-refractivity contribution in [1.29, 1.82) is 0 Å². The number of rotatable bonds is 4. The van der Waals surface area contributed by atoms with Crippen molar-refractivity contribution in [2.24, 2.45) is 5.92 Å². The molecule has 2 atom stereocenters. The summed E-state index contributed by atoms with van der Waals surface area (Å²) in [6.45, 7) is 3.50. The maximum atomic E-state index is 12.6. The van der Waals surface area contributed by atoms with Gasteiger partial charge in [0, 0.05) is 25.2 Å². The lowest BCUT2D eigenvalue weighted by atomic mass is 10.00. The first-order chi connectivity index (χ1) is 8.84. The molecule has 0 unspecified atom stereocenters. The highest BCUT2D eigenvalue weighted by molar-refractivity contribution is 5.79. The van der Waals surface area contributed by atoms with Crippen LogP contribution < -0.4 is 5.32 Å². The van der Waals surface area contributed by atoms with Crippen molar-refractivity contribution in [2.75, 3.05) is 26.3 Å². The van der Waals surface area contributed by atoms with Gasteiger partial charge in [-0.15, -0.1) is 0 Å². The molecule has 2 saturated heterocycles. The predicted molar refractivity (Wildman–Crippen MR) is 69.3 cm³/mol. The molecule has 0 bridgehead atoms. The summed E-state index contributed by atoms with van der Waals surface area (Å²) >= 11 is 0. The fourth-order valence-electron chi connectivity index (χ4n) is 3.13. The van der Waals surface area contributed by atoms with Crippen molar-refractivity contribution in [3.63, 3.8) is 0 Å². The number of carbonyl (C=O) groups excluding carboxylic acids is 1. The van der Waals surface area contributed by atoms with Gasteiger partial charge in [-0.25, -0.2) is 0 Å². The highest BCUT2D eigenvalue weighted by Gasteiger charge is 2.37. The molecule has 1 amide bonds. The van der Waals surface area contributed by atoms with Gasteiger partial charge >= 0.3 is 0 Å². The Hall–Kier alpha value is -0.610. The van der Waals surface area contributed by atoms with Gasteiger partial charge in [-0.2, -0.15) is 0 Å². The van der Waals surface area contributed by atoms with Gasteiger partial charge in [-0.3, -0.25) is 4.79 Å². The molecule has 0 radical (unpaired) electrons. The molecule has 0 spiro atoms. The van der Waals surface area contributed by atoms with Crippen LogP contribution in [0.4, 0.5) is 0 Å². The number of carbonyl (C=O) groups is 1. The number of ether oxygens (including phenoxy) is 1. The average molecular weight is 252 g/mol. The summed E-state index contributed by atoms with van der Waals surface area (Å²) in [6.07, 6.45) is 6.93. The lowest BCUT2D eigenvalue weighted by Gasteiger charge is -2.31. The van der Waals surface area contributed by atoms with Gasteiger partial charge in [0.15, 0.2) is 0 Å². The van der Waals surface area contributed by atoms with E-state index < -0.39 is 0 Å². The smallest absolute Gasteiger partial charge is 0.228 e. The van der Waals surface area contributed by atoms with Crippen LogP contribution >= 0.6 is 0 Å². The van der Waals surface area contributed by atoms with E-state index in [9.17, 15) is 4.79 Å². The molecule has 3 aliphatic rings. The average Bonchev–Trinajstić information content (AvgIpc) is 3.13. The summed E-state index contributed by atoms with van der Waals surface area (Å²) in [5, 5.41) is 3.50. The summed E-state index contributed by atoms with van der Waals surface area (Å²) in [4.78, 5) is 14.7. The molecule has 18 heavy (non-hydrogen) atoms. The van der Waals surface area contributed by atoms with Crippen molar-refractivity contribution >= 4 is 5.91 Å². The Bertz CT molecular complexity index is 292. The van der Waals surface area contributed by atoms with Crippen molar-refractivity contribution in [2.45, 2.75) is 50.6 Å². The minimum atomic E-state index is 0.126. The zero-order valence-electron chi connectivity index (χ0n) is 11.1. The lowest BCUT2D eigenvalue weighted by Crippen LogP contribution is -2.46. The van der Waals surface area contributed by atoms with Crippen molar-refractivity contribution in [3.8, 4) is 0 Å². The molecule has 0 aromatic heterocycles. The molecule has 4 nitrogen and oxygen atoms in total. The number of hydrogen-bond donors (Lipinski definition) is 1. The highest BCUT2D eigenvalue weighted by Crippen LogP contribution is 2.30. The SMILES string of the molecule is O=C([C@@H]1CCCOC1)N(C[C@H]1CCCN1)C1CC1. The van der Waals surface area contributed by atoms with Crippen LogP contribution in [0.15, 0.2) is 0 Å². The van der Waals surface area contributed by atoms with Crippen LogP contribution in [-0.2, 0) is 9.53 Å². The van der Waals surface area contributed by atoms with Gasteiger partial charge in [-0.1, -0.05) is 0 Å². The quantitative estimate of drug-likeness (QED) is 0.816. The number of hydrogen-bond acceptors (Lipinski definition) is 3. The predicted octanol–water partition coefficient (Wildman–Crippen LogP) is 1.16. The third kappa shape index (κ3) is 2.86. The van der Waals surface area contributed by atoms with Crippen LogP contribution in [0.5, 0.6) is 0 Å². The van der Waals surface area contributed by atoms with Gasteiger partial charge < -0.3 is 15.0 Å². The Morgan fingerprint density at radius 1 is 1.22 bits per heavy atom. The summed E-state index contributed by atoms with van der Waals surface area (Å²) in [7, 11) is 0. The summed E-state index contributed by atoms with van der Waals surface area (Å²) in [5.41, 5.74) is 0. The second-order valence-corrected chi connectivity index (χ2v) is 5.93. The molecule has 3 fully saturated rings. The Morgan fingerprint density at radius 2 is 2.11 bits per heavy atom. The number of amides is 1. The molecule has 4 heteroatoms. The van der Waals surface area contributed by atoms with Crippen molar-refractivity contribution < 1.29 is 9.53 Å². The Kier molecular flexibility index (Phi) is 3.85. The van der Waals surface area contributed by atoms with Gasteiger partial charge in [0.1, 0.15) is 0 Å². The Balaban J connectivity index is 1.59. The normalized spacial score (nSPS) is 32.4. The van der Waals surface area contributed by atoms with Crippen LogP contribution in [0.2, 0.25) is 0 Å². The summed E-state index contributed by atoms with van der Waals surface area (Å²) in [6, 6.07) is 1.06. The van der Waals surface area contributed by atoms with Crippen LogP contribution in [-0.4, -0.2) is 49.2 Å². The molecule has 1 aliphatic carbocycles. The van der Waals surface area contributed by atoms with E-state index in [1.54, 1.807) is 0 Å². The first kappa shape index (κ1) is 12.4. The van der Waals surface area contributed by atoms with Gasteiger partial charge in [0.05, 0.1) is 12.5 Å². The Labute approximate surface area is 109 Å². The van der Waals surface area contributed by atoms with Gasteiger partial charge in [0.2, 0.25) is 5.91 Å². The number of nitrogens with one attached hydrogen (secondary N) is 1. The zero-order chi connectivity index (χ0) is 12.4. The van der Waals surface area contributed by atoms with E-state index in [1.165, 1.54) is 25.7 Å². The third-order valence-corrected chi connectivity index (χ3v) is 4.36. The third-order valence-electron chi connectivity index (χ3n) is 4.36. The lowest BCUT2D eigenvalue weighted by molar-refractivity contribution is -0.140. The van der Waals surface area contributed by atoms with Crippen LogP contribution in [0.1, 0.15) is 38.5 Å². The monoisotopic (exact) mass is 252 g/mol. The first-order valence-electron chi connectivity index (χ1n) is 7.46. The van der Waals surface area contributed by atoms with Crippen LogP contribution in [0.25, 0.3) is 0 Å². The van der Waals surface area contributed by atoms with E-state index in [4.69, 9.17) is 4.74 Å².